The number of hydrogen-bond donors (Lipinski definition) is 2. The first-order chi connectivity index (χ1) is 7.38. The molecular weight excluding hydrogens is 212 g/mol. The molecule has 0 bridgehead atoms. The van der Waals surface area contributed by atoms with E-state index in [1.165, 1.54) is 12.1 Å². The van der Waals surface area contributed by atoms with E-state index < -0.39 is 10.3 Å². The van der Waals surface area contributed by atoms with Gasteiger partial charge in [-0.05, 0) is 11.6 Å². The maximum absolute atomic E-state index is 10.6. The number of nitro groups is 1. The first-order valence-electron chi connectivity index (χ1n) is 4.68. The molecule has 0 fully saturated rings. The van der Waals surface area contributed by atoms with Crippen molar-refractivity contribution in [1.29, 1.82) is 0 Å². The van der Waals surface area contributed by atoms with Crippen LogP contribution in [0.5, 0.6) is 5.75 Å². The van der Waals surface area contributed by atoms with E-state index in [9.17, 15) is 15.2 Å². The first kappa shape index (κ1) is 12.4. The van der Waals surface area contributed by atoms with Gasteiger partial charge in [0.1, 0.15) is 0 Å². The van der Waals surface area contributed by atoms with E-state index in [0.29, 0.717) is 5.56 Å². The van der Waals surface area contributed by atoms with Crippen molar-refractivity contribution < 1.29 is 14.9 Å². The van der Waals surface area contributed by atoms with Gasteiger partial charge in [-0.3, -0.25) is 10.1 Å². The Morgan fingerprint density at radius 2 is 2.19 bits per heavy atom. The highest BCUT2D eigenvalue weighted by molar-refractivity contribution is 5.49. The van der Waals surface area contributed by atoms with E-state index in [2.05, 4.69) is 4.84 Å². The monoisotopic (exact) mass is 226 g/mol. The van der Waals surface area contributed by atoms with Gasteiger partial charge in [-0.1, -0.05) is 19.9 Å². The van der Waals surface area contributed by atoms with Crippen molar-refractivity contribution in [2.24, 2.45) is 5.90 Å². The molecule has 1 rings (SSSR count). The Bertz CT molecular complexity index is 404. The van der Waals surface area contributed by atoms with Crippen LogP contribution in [0.4, 0.5) is 5.69 Å². The van der Waals surface area contributed by atoms with Crippen molar-refractivity contribution in [3.63, 3.8) is 0 Å². The summed E-state index contributed by atoms with van der Waals surface area (Å²) in [6, 6.07) is 4.24. The van der Waals surface area contributed by atoms with Crippen LogP contribution in [0.3, 0.4) is 0 Å². The van der Waals surface area contributed by atoms with Gasteiger partial charge >= 0.3 is 5.69 Å². The predicted octanol–water partition coefficient (Wildman–Crippen LogP) is 1.47. The van der Waals surface area contributed by atoms with Gasteiger partial charge in [-0.2, -0.15) is 0 Å². The van der Waals surface area contributed by atoms with Crippen molar-refractivity contribution in [2.45, 2.75) is 19.3 Å². The molecule has 3 N–H and O–H groups in total. The maximum Gasteiger partial charge on any atom is 0.310 e. The average molecular weight is 226 g/mol. The number of rotatable bonds is 4. The zero-order valence-electron chi connectivity index (χ0n) is 9.14. The van der Waals surface area contributed by atoms with Crippen molar-refractivity contribution in [3.8, 4) is 5.75 Å². The largest absolute Gasteiger partial charge is 0.502 e. The van der Waals surface area contributed by atoms with Gasteiger partial charge in [-0.15, -0.1) is 0 Å². The van der Waals surface area contributed by atoms with Crippen molar-refractivity contribution >= 4 is 5.69 Å². The lowest BCUT2D eigenvalue weighted by molar-refractivity contribution is -0.386. The molecule has 0 unspecified atom stereocenters. The predicted molar refractivity (Wildman–Crippen MR) is 57.9 cm³/mol. The smallest absolute Gasteiger partial charge is 0.310 e. The SMILES string of the molecule is CC(C)(CON)c1ccc(O)c([N+](=O)[O-])c1. The second-order valence-corrected chi connectivity index (χ2v) is 4.16. The minimum Gasteiger partial charge on any atom is -0.502 e. The molecule has 0 aliphatic rings. The second-order valence-electron chi connectivity index (χ2n) is 4.16. The fourth-order valence-electron chi connectivity index (χ4n) is 1.38. The standard InChI is InChI=1S/C10H14N2O4/c1-10(2,6-16-11)7-3-4-9(13)8(5-7)12(14)15/h3-5,13H,6,11H2,1-2H3. The molecule has 0 saturated carbocycles. The number of nitro benzene ring substituents is 1. The summed E-state index contributed by atoms with van der Waals surface area (Å²) in [6.45, 7) is 3.92. The third-order valence-corrected chi connectivity index (χ3v) is 2.40. The summed E-state index contributed by atoms with van der Waals surface area (Å²) in [5, 5.41) is 20.0. The molecule has 0 spiro atoms. The Morgan fingerprint density at radius 3 is 2.69 bits per heavy atom. The summed E-state index contributed by atoms with van der Waals surface area (Å²) in [4.78, 5) is 14.6. The van der Waals surface area contributed by atoms with Crippen LogP contribution in [0.2, 0.25) is 0 Å². The van der Waals surface area contributed by atoms with E-state index in [-0.39, 0.29) is 18.0 Å². The van der Waals surface area contributed by atoms with E-state index >= 15 is 0 Å². The van der Waals surface area contributed by atoms with Crippen LogP contribution in [0.25, 0.3) is 0 Å². The van der Waals surface area contributed by atoms with E-state index in [4.69, 9.17) is 5.90 Å². The minimum atomic E-state index is -0.627. The van der Waals surface area contributed by atoms with Gasteiger partial charge in [-0.25, -0.2) is 5.90 Å². The van der Waals surface area contributed by atoms with Crippen LogP contribution < -0.4 is 5.90 Å². The first-order valence-corrected chi connectivity index (χ1v) is 4.68. The van der Waals surface area contributed by atoms with E-state index in [1.807, 2.05) is 13.8 Å². The third-order valence-electron chi connectivity index (χ3n) is 2.40. The van der Waals surface area contributed by atoms with Gasteiger partial charge < -0.3 is 9.94 Å². The van der Waals surface area contributed by atoms with Crippen LogP contribution in [0, 0.1) is 10.1 Å². The van der Waals surface area contributed by atoms with Crippen molar-refractivity contribution in [1.82, 2.24) is 0 Å². The molecular formula is C10H14N2O4. The lowest BCUT2D eigenvalue weighted by atomic mass is 9.85. The van der Waals surface area contributed by atoms with Crippen LogP contribution in [-0.4, -0.2) is 16.6 Å². The summed E-state index contributed by atoms with van der Waals surface area (Å²) in [6.07, 6.45) is 0. The van der Waals surface area contributed by atoms with Crippen LogP contribution in [0.1, 0.15) is 19.4 Å². The Balaban J connectivity index is 3.17. The molecule has 1 aromatic rings. The quantitative estimate of drug-likeness (QED) is 0.598. The van der Waals surface area contributed by atoms with Crippen LogP contribution in [0.15, 0.2) is 18.2 Å². The van der Waals surface area contributed by atoms with Gasteiger partial charge in [0, 0.05) is 11.5 Å². The minimum absolute atomic E-state index is 0.231. The number of hydrogen-bond acceptors (Lipinski definition) is 5. The highest BCUT2D eigenvalue weighted by atomic mass is 16.6. The van der Waals surface area contributed by atoms with E-state index in [0.717, 1.165) is 0 Å². The van der Waals surface area contributed by atoms with Gasteiger partial charge in [0.15, 0.2) is 5.75 Å². The molecule has 16 heavy (non-hydrogen) atoms. The highest BCUT2D eigenvalue weighted by Crippen LogP contribution is 2.32. The second kappa shape index (κ2) is 4.46. The molecule has 6 nitrogen and oxygen atoms in total. The Kier molecular flexibility index (Phi) is 3.46. The number of nitrogens with zero attached hydrogens (tertiary/aromatic N) is 1. The topological polar surface area (TPSA) is 98.6 Å². The molecule has 0 aliphatic carbocycles. The third kappa shape index (κ3) is 2.47. The Labute approximate surface area is 92.7 Å². The molecule has 0 atom stereocenters. The van der Waals surface area contributed by atoms with Crippen LogP contribution in [-0.2, 0) is 10.3 Å². The number of nitrogens with two attached hydrogens (primary N) is 1. The fourth-order valence-corrected chi connectivity index (χ4v) is 1.38. The van der Waals surface area contributed by atoms with Gasteiger partial charge in [0.05, 0.1) is 11.5 Å². The average Bonchev–Trinajstić information content (AvgIpc) is 2.17. The molecule has 0 radical (unpaired) electrons. The molecule has 6 heteroatoms. The lowest BCUT2D eigenvalue weighted by Gasteiger charge is -2.23. The summed E-state index contributed by atoms with van der Waals surface area (Å²) >= 11 is 0. The zero-order chi connectivity index (χ0) is 12.3. The number of aromatic hydroxyl groups is 1. The maximum atomic E-state index is 10.6. The Hall–Kier alpha value is -1.66. The zero-order valence-corrected chi connectivity index (χ0v) is 9.14. The van der Waals surface area contributed by atoms with E-state index in [1.54, 1.807) is 6.07 Å². The Morgan fingerprint density at radius 1 is 1.56 bits per heavy atom. The molecule has 0 aromatic heterocycles. The summed E-state index contributed by atoms with van der Waals surface area (Å²) in [7, 11) is 0. The fraction of sp³-hybridized carbons (Fsp3) is 0.400. The lowest BCUT2D eigenvalue weighted by Crippen LogP contribution is -2.26. The van der Waals surface area contributed by atoms with Gasteiger partial charge in [0.2, 0.25) is 0 Å². The highest BCUT2D eigenvalue weighted by Gasteiger charge is 2.24. The van der Waals surface area contributed by atoms with Crippen molar-refractivity contribution in [2.75, 3.05) is 6.61 Å². The van der Waals surface area contributed by atoms with Crippen LogP contribution >= 0.6 is 0 Å². The molecule has 1 aromatic carbocycles. The molecule has 0 aliphatic heterocycles. The normalized spacial score (nSPS) is 11.4. The number of phenols is 1. The molecule has 0 heterocycles. The van der Waals surface area contributed by atoms with Gasteiger partial charge in [0.25, 0.3) is 0 Å². The summed E-state index contributed by atoms with van der Waals surface area (Å²) < 4.78 is 0. The molecule has 88 valence electrons. The summed E-state index contributed by atoms with van der Waals surface area (Å²) in [5.74, 6) is 4.65. The number of benzene rings is 1. The number of phenolic OH excluding ortho intramolecular Hbond substituents is 1. The molecule has 0 amide bonds. The van der Waals surface area contributed by atoms with Crippen molar-refractivity contribution in [3.05, 3.63) is 33.9 Å². The summed E-state index contributed by atoms with van der Waals surface area (Å²) in [5.41, 5.74) is -0.0854. The molecule has 0 saturated heterocycles.